The first-order valence-corrected chi connectivity index (χ1v) is 5.54. The van der Waals surface area contributed by atoms with Crippen molar-refractivity contribution in [3.05, 3.63) is 18.2 Å². The Hall–Kier alpha value is -0.870. The third-order valence-electron chi connectivity index (χ3n) is 2.19. The number of hydrogen-bond donors (Lipinski definition) is 1. The van der Waals surface area contributed by atoms with Crippen LogP contribution in [0, 0.1) is 0 Å². The van der Waals surface area contributed by atoms with E-state index in [-0.39, 0.29) is 12.2 Å². The Morgan fingerprint density at radius 2 is 2.27 bits per heavy atom. The van der Waals surface area contributed by atoms with Crippen LogP contribution in [0.1, 0.15) is 39.0 Å². The summed E-state index contributed by atoms with van der Waals surface area (Å²) in [6.07, 6.45) is 4.91. The SMILES string of the molecule is CCCn1cncc1C(CN)OC(C)C. The van der Waals surface area contributed by atoms with Gasteiger partial charge in [0.25, 0.3) is 0 Å². The standard InChI is InChI=1S/C11H21N3O/c1-4-5-14-8-13-7-10(14)11(6-12)15-9(2)3/h7-9,11H,4-6,12H2,1-3H3. The maximum atomic E-state index is 5.75. The molecule has 0 spiro atoms. The third-order valence-corrected chi connectivity index (χ3v) is 2.19. The maximum absolute atomic E-state index is 5.75. The zero-order valence-corrected chi connectivity index (χ0v) is 9.81. The number of nitrogens with zero attached hydrogens (tertiary/aromatic N) is 2. The van der Waals surface area contributed by atoms with Crippen LogP contribution in [0.4, 0.5) is 0 Å². The molecule has 1 rings (SSSR count). The van der Waals surface area contributed by atoms with Crippen molar-refractivity contribution in [2.45, 2.75) is 45.9 Å². The summed E-state index contributed by atoms with van der Waals surface area (Å²) >= 11 is 0. The number of imidazole rings is 1. The van der Waals surface area contributed by atoms with Gasteiger partial charge < -0.3 is 15.0 Å². The average molecular weight is 211 g/mol. The third kappa shape index (κ3) is 3.32. The fourth-order valence-electron chi connectivity index (χ4n) is 1.60. The van der Waals surface area contributed by atoms with Gasteiger partial charge in [-0.15, -0.1) is 0 Å². The number of aromatic nitrogens is 2. The molecule has 0 saturated carbocycles. The minimum Gasteiger partial charge on any atom is -0.368 e. The van der Waals surface area contributed by atoms with Gasteiger partial charge in [0.2, 0.25) is 0 Å². The summed E-state index contributed by atoms with van der Waals surface area (Å²) in [6, 6.07) is 0. The Kier molecular flexibility index (Phi) is 4.78. The van der Waals surface area contributed by atoms with E-state index in [1.54, 1.807) is 0 Å². The highest BCUT2D eigenvalue weighted by Crippen LogP contribution is 2.17. The Balaban J connectivity index is 2.76. The van der Waals surface area contributed by atoms with Crippen molar-refractivity contribution in [1.82, 2.24) is 9.55 Å². The first kappa shape index (κ1) is 12.2. The van der Waals surface area contributed by atoms with E-state index in [4.69, 9.17) is 10.5 Å². The Morgan fingerprint density at radius 1 is 1.53 bits per heavy atom. The molecule has 2 N–H and O–H groups in total. The number of aryl methyl sites for hydroxylation is 1. The van der Waals surface area contributed by atoms with Crippen molar-refractivity contribution in [2.24, 2.45) is 5.73 Å². The summed E-state index contributed by atoms with van der Waals surface area (Å²) in [5.41, 5.74) is 6.79. The zero-order chi connectivity index (χ0) is 11.3. The molecule has 4 nitrogen and oxygen atoms in total. The van der Waals surface area contributed by atoms with E-state index >= 15 is 0 Å². The van der Waals surface area contributed by atoms with Crippen LogP contribution in [0.15, 0.2) is 12.5 Å². The Morgan fingerprint density at radius 3 is 2.80 bits per heavy atom. The monoisotopic (exact) mass is 211 g/mol. The molecule has 0 saturated heterocycles. The van der Waals surface area contributed by atoms with E-state index in [2.05, 4.69) is 16.5 Å². The minimum absolute atomic E-state index is 0.0425. The minimum atomic E-state index is -0.0425. The van der Waals surface area contributed by atoms with Crippen molar-refractivity contribution in [1.29, 1.82) is 0 Å². The lowest BCUT2D eigenvalue weighted by molar-refractivity contribution is 0.00758. The van der Waals surface area contributed by atoms with Gasteiger partial charge >= 0.3 is 0 Å². The van der Waals surface area contributed by atoms with Gasteiger partial charge in [0.15, 0.2) is 0 Å². The molecule has 0 fully saturated rings. The van der Waals surface area contributed by atoms with Gasteiger partial charge in [-0.25, -0.2) is 4.98 Å². The van der Waals surface area contributed by atoms with Crippen LogP contribution in [0.2, 0.25) is 0 Å². The van der Waals surface area contributed by atoms with Crippen LogP contribution < -0.4 is 5.73 Å². The molecule has 1 aromatic rings. The van der Waals surface area contributed by atoms with Crippen molar-refractivity contribution in [2.75, 3.05) is 6.54 Å². The largest absolute Gasteiger partial charge is 0.368 e. The van der Waals surface area contributed by atoms with Gasteiger partial charge in [-0.1, -0.05) is 6.92 Å². The molecule has 0 amide bonds. The second kappa shape index (κ2) is 5.88. The van der Waals surface area contributed by atoms with Gasteiger partial charge in [0.1, 0.15) is 6.10 Å². The van der Waals surface area contributed by atoms with E-state index < -0.39 is 0 Å². The predicted octanol–water partition coefficient (Wildman–Crippen LogP) is 1.72. The van der Waals surface area contributed by atoms with Gasteiger partial charge in [-0.3, -0.25) is 0 Å². The molecule has 15 heavy (non-hydrogen) atoms. The van der Waals surface area contributed by atoms with Gasteiger partial charge in [-0.2, -0.15) is 0 Å². The summed E-state index contributed by atoms with van der Waals surface area (Å²) < 4.78 is 7.86. The van der Waals surface area contributed by atoms with Gasteiger partial charge in [0, 0.05) is 13.1 Å². The van der Waals surface area contributed by atoms with E-state index in [1.165, 1.54) is 0 Å². The molecule has 0 aliphatic rings. The molecule has 1 heterocycles. The highest BCUT2D eigenvalue weighted by atomic mass is 16.5. The molecule has 0 aromatic carbocycles. The lowest BCUT2D eigenvalue weighted by Gasteiger charge is -2.20. The van der Waals surface area contributed by atoms with E-state index in [0.717, 1.165) is 18.7 Å². The highest BCUT2D eigenvalue weighted by Gasteiger charge is 2.15. The molecule has 0 radical (unpaired) electrons. The van der Waals surface area contributed by atoms with Crippen LogP contribution in [0.5, 0.6) is 0 Å². The molecule has 86 valence electrons. The number of rotatable bonds is 6. The summed E-state index contributed by atoms with van der Waals surface area (Å²) in [5.74, 6) is 0. The summed E-state index contributed by atoms with van der Waals surface area (Å²) in [4.78, 5) is 4.14. The molecule has 0 aliphatic heterocycles. The smallest absolute Gasteiger partial charge is 0.112 e. The zero-order valence-electron chi connectivity index (χ0n) is 9.81. The van der Waals surface area contributed by atoms with Crippen LogP contribution in [-0.4, -0.2) is 22.2 Å². The van der Waals surface area contributed by atoms with E-state index in [1.807, 2.05) is 26.4 Å². The van der Waals surface area contributed by atoms with Crippen LogP contribution >= 0.6 is 0 Å². The maximum Gasteiger partial charge on any atom is 0.112 e. The molecule has 1 unspecified atom stereocenters. The quantitative estimate of drug-likeness (QED) is 0.779. The Bertz CT molecular complexity index is 283. The molecule has 1 atom stereocenters. The fourth-order valence-corrected chi connectivity index (χ4v) is 1.60. The van der Waals surface area contributed by atoms with Gasteiger partial charge in [-0.05, 0) is 20.3 Å². The topological polar surface area (TPSA) is 53.1 Å². The molecule has 1 aromatic heterocycles. The van der Waals surface area contributed by atoms with Crippen molar-refractivity contribution in [3.8, 4) is 0 Å². The summed E-state index contributed by atoms with van der Waals surface area (Å²) in [7, 11) is 0. The molecular formula is C11H21N3O. The predicted molar refractivity (Wildman–Crippen MR) is 60.5 cm³/mol. The molecule has 0 bridgehead atoms. The van der Waals surface area contributed by atoms with Crippen LogP contribution in [-0.2, 0) is 11.3 Å². The lowest BCUT2D eigenvalue weighted by atomic mass is 10.2. The molecule has 4 heteroatoms. The van der Waals surface area contributed by atoms with E-state index in [0.29, 0.717) is 6.54 Å². The Labute approximate surface area is 91.4 Å². The van der Waals surface area contributed by atoms with Crippen molar-refractivity contribution in [3.63, 3.8) is 0 Å². The number of ether oxygens (including phenoxy) is 1. The second-order valence-electron chi connectivity index (χ2n) is 3.92. The number of nitrogens with two attached hydrogens (primary N) is 1. The van der Waals surface area contributed by atoms with E-state index in [9.17, 15) is 0 Å². The molecular weight excluding hydrogens is 190 g/mol. The fraction of sp³-hybridized carbons (Fsp3) is 0.727. The van der Waals surface area contributed by atoms with Crippen LogP contribution in [0.3, 0.4) is 0 Å². The number of hydrogen-bond acceptors (Lipinski definition) is 3. The van der Waals surface area contributed by atoms with Gasteiger partial charge in [0.05, 0.1) is 24.3 Å². The highest BCUT2D eigenvalue weighted by molar-refractivity contribution is 5.03. The second-order valence-corrected chi connectivity index (χ2v) is 3.92. The summed E-state index contributed by atoms with van der Waals surface area (Å²) in [6.45, 7) is 7.64. The first-order chi connectivity index (χ1) is 7.19. The average Bonchev–Trinajstić information content (AvgIpc) is 2.63. The lowest BCUT2D eigenvalue weighted by Crippen LogP contribution is -2.22. The first-order valence-electron chi connectivity index (χ1n) is 5.54. The van der Waals surface area contributed by atoms with Crippen molar-refractivity contribution < 1.29 is 4.74 Å². The van der Waals surface area contributed by atoms with Crippen molar-refractivity contribution >= 4 is 0 Å². The normalized spacial score (nSPS) is 13.4. The van der Waals surface area contributed by atoms with Crippen LogP contribution in [0.25, 0.3) is 0 Å². The summed E-state index contributed by atoms with van der Waals surface area (Å²) in [5, 5.41) is 0. The molecule has 0 aliphatic carbocycles.